The summed E-state index contributed by atoms with van der Waals surface area (Å²) in [6.07, 6.45) is 0.388. The molecule has 0 aliphatic carbocycles. The first kappa shape index (κ1) is 15.3. The van der Waals surface area contributed by atoms with Crippen LogP contribution in [0.4, 0.5) is 8.78 Å². The quantitative estimate of drug-likeness (QED) is 0.687. The van der Waals surface area contributed by atoms with Crippen LogP contribution in [0.1, 0.15) is 11.1 Å². The van der Waals surface area contributed by atoms with E-state index in [1.165, 1.54) is 12.1 Å². The molecule has 0 heterocycles. The molecule has 0 N–H and O–H groups in total. The normalized spacial score (nSPS) is 11.6. The highest BCUT2D eigenvalue weighted by Crippen LogP contribution is 2.32. The summed E-state index contributed by atoms with van der Waals surface area (Å²) in [5.41, 5.74) is 0.979. The lowest BCUT2D eigenvalue weighted by Gasteiger charge is -2.30. The van der Waals surface area contributed by atoms with Gasteiger partial charge >= 0.3 is 0 Å². The Hall–Kier alpha value is -1.12. The lowest BCUT2D eigenvalue weighted by atomic mass is 9.79. The van der Waals surface area contributed by atoms with E-state index in [0.717, 1.165) is 11.6 Å². The van der Waals surface area contributed by atoms with Gasteiger partial charge in [0.25, 0.3) is 0 Å². The Labute approximate surface area is 127 Å². The predicted octanol–water partition coefficient (Wildman–Crippen LogP) is 4.92. The second kappa shape index (κ2) is 6.55. The van der Waals surface area contributed by atoms with Crippen LogP contribution < -0.4 is 0 Å². The summed E-state index contributed by atoms with van der Waals surface area (Å²) < 4.78 is 26.6. The van der Waals surface area contributed by atoms with E-state index in [-0.39, 0.29) is 11.8 Å². The second-order valence-corrected chi connectivity index (χ2v) is 5.40. The molecule has 0 saturated heterocycles. The van der Waals surface area contributed by atoms with Crippen LogP contribution in [0, 0.1) is 11.6 Å². The molecule has 0 radical (unpaired) electrons. The number of hydrogen-bond donors (Lipinski definition) is 0. The van der Waals surface area contributed by atoms with Crippen LogP contribution in [0.3, 0.4) is 0 Å². The third-order valence-corrected chi connectivity index (χ3v) is 4.39. The highest BCUT2D eigenvalue weighted by atomic mass is 35.5. The first-order valence-electron chi connectivity index (χ1n) is 6.22. The van der Waals surface area contributed by atoms with Gasteiger partial charge in [0, 0.05) is 23.2 Å². The molecule has 0 amide bonds. The molecule has 0 atom stereocenters. The van der Waals surface area contributed by atoms with E-state index in [0.29, 0.717) is 12.0 Å². The molecule has 0 spiro atoms. The van der Waals surface area contributed by atoms with Gasteiger partial charge in [0.2, 0.25) is 0 Å². The van der Waals surface area contributed by atoms with Crippen molar-refractivity contribution in [3.63, 3.8) is 0 Å². The van der Waals surface area contributed by atoms with Gasteiger partial charge in [0.05, 0.1) is 0 Å². The van der Waals surface area contributed by atoms with E-state index in [2.05, 4.69) is 0 Å². The van der Waals surface area contributed by atoms with Gasteiger partial charge in [-0.25, -0.2) is 8.78 Å². The monoisotopic (exact) mass is 314 g/mol. The summed E-state index contributed by atoms with van der Waals surface area (Å²) in [5.74, 6) is -0.630. The Kier molecular flexibility index (Phi) is 5.00. The zero-order chi connectivity index (χ0) is 14.6. The van der Waals surface area contributed by atoms with E-state index < -0.39 is 17.0 Å². The van der Waals surface area contributed by atoms with Crippen molar-refractivity contribution in [2.24, 2.45) is 0 Å². The summed E-state index contributed by atoms with van der Waals surface area (Å²) >= 11 is 12.2. The molecule has 2 aromatic rings. The van der Waals surface area contributed by atoms with Gasteiger partial charge < -0.3 is 0 Å². The van der Waals surface area contributed by atoms with Crippen LogP contribution in [-0.4, -0.2) is 11.8 Å². The maximum Gasteiger partial charge on any atom is 0.126 e. The molecule has 0 fully saturated rings. The molecule has 0 bridgehead atoms. The zero-order valence-corrected chi connectivity index (χ0v) is 12.3. The molecule has 2 aromatic carbocycles. The van der Waals surface area contributed by atoms with Crippen molar-refractivity contribution in [1.82, 2.24) is 0 Å². The summed E-state index contributed by atoms with van der Waals surface area (Å²) in [6.45, 7) is 0. The topological polar surface area (TPSA) is 0 Å². The fourth-order valence-corrected chi connectivity index (χ4v) is 3.07. The molecule has 2 rings (SSSR count). The molecule has 0 nitrogen and oxygen atoms in total. The molecule has 0 unspecified atom stereocenters. The van der Waals surface area contributed by atoms with E-state index in [1.807, 2.05) is 30.3 Å². The molecule has 0 saturated carbocycles. The fraction of sp³-hybridized carbons (Fsp3) is 0.250. The predicted molar refractivity (Wildman–Crippen MR) is 79.6 cm³/mol. The maximum atomic E-state index is 13.3. The summed E-state index contributed by atoms with van der Waals surface area (Å²) in [4.78, 5) is 0. The van der Waals surface area contributed by atoms with Crippen molar-refractivity contribution >= 4 is 23.2 Å². The Morgan fingerprint density at radius 1 is 0.850 bits per heavy atom. The van der Waals surface area contributed by atoms with Crippen molar-refractivity contribution in [3.8, 4) is 0 Å². The van der Waals surface area contributed by atoms with Crippen LogP contribution in [0.5, 0.6) is 0 Å². The Morgan fingerprint density at radius 3 is 1.90 bits per heavy atom. The summed E-state index contributed by atoms with van der Waals surface area (Å²) in [5, 5.41) is 0. The van der Waals surface area contributed by atoms with Gasteiger partial charge in [0.15, 0.2) is 0 Å². The first-order valence-corrected chi connectivity index (χ1v) is 7.29. The van der Waals surface area contributed by atoms with Gasteiger partial charge in [-0.1, -0.05) is 30.3 Å². The number of benzene rings is 2. The number of alkyl halides is 2. The van der Waals surface area contributed by atoms with Crippen LogP contribution in [0.2, 0.25) is 0 Å². The number of halogens is 4. The molecule has 0 aliphatic heterocycles. The van der Waals surface area contributed by atoms with Crippen molar-refractivity contribution in [1.29, 1.82) is 0 Å². The third-order valence-electron chi connectivity index (χ3n) is 3.36. The van der Waals surface area contributed by atoms with Gasteiger partial charge in [-0.15, -0.1) is 23.2 Å². The molecular formula is C16H14Cl2F2. The minimum atomic E-state index is -0.592. The van der Waals surface area contributed by atoms with Crippen molar-refractivity contribution < 1.29 is 8.78 Å². The van der Waals surface area contributed by atoms with Gasteiger partial charge in [-0.05, 0) is 29.7 Å². The average molecular weight is 315 g/mol. The van der Waals surface area contributed by atoms with Crippen molar-refractivity contribution in [2.75, 3.05) is 11.8 Å². The zero-order valence-electron chi connectivity index (χ0n) is 10.8. The molecule has 0 aromatic heterocycles. The molecule has 20 heavy (non-hydrogen) atoms. The van der Waals surface area contributed by atoms with E-state index >= 15 is 0 Å². The molecule has 0 aliphatic rings. The lowest BCUT2D eigenvalue weighted by molar-refractivity contribution is 0.525. The van der Waals surface area contributed by atoms with Gasteiger partial charge in [0.1, 0.15) is 11.6 Å². The molecular weight excluding hydrogens is 301 g/mol. The average Bonchev–Trinajstić information content (AvgIpc) is 2.45. The Morgan fingerprint density at radius 2 is 1.40 bits per heavy atom. The molecule has 4 heteroatoms. The van der Waals surface area contributed by atoms with Crippen LogP contribution in [0.25, 0.3) is 0 Å². The van der Waals surface area contributed by atoms with Crippen LogP contribution in [0.15, 0.2) is 48.5 Å². The smallest absolute Gasteiger partial charge is 0.126 e. The molecule has 106 valence electrons. The van der Waals surface area contributed by atoms with Gasteiger partial charge in [-0.2, -0.15) is 0 Å². The SMILES string of the molecule is Fc1cc(F)cc(CC(CCl)(CCl)c2ccccc2)c1. The van der Waals surface area contributed by atoms with E-state index in [1.54, 1.807) is 0 Å². The van der Waals surface area contributed by atoms with Crippen molar-refractivity contribution in [2.45, 2.75) is 11.8 Å². The largest absolute Gasteiger partial charge is 0.207 e. The van der Waals surface area contributed by atoms with E-state index in [4.69, 9.17) is 23.2 Å². The Bertz CT molecular complexity index is 546. The minimum Gasteiger partial charge on any atom is -0.207 e. The number of hydrogen-bond acceptors (Lipinski definition) is 0. The third kappa shape index (κ3) is 3.31. The summed E-state index contributed by atoms with van der Waals surface area (Å²) in [6, 6.07) is 13.1. The van der Waals surface area contributed by atoms with Crippen molar-refractivity contribution in [3.05, 3.63) is 71.3 Å². The van der Waals surface area contributed by atoms with Gasteiger partial charge in [-0.3, -0.25) is 0 Å². The second-order valence-electron chi connectivity index (χ2n) is 4.87. The standard InChI is InChI=1S/C16H14Cl2F2/c17-10-16(11-18,13-4-2-1-3-5-13)9-12-6-14(19)8-15(20)7-12/h1-8H,9-11H2. The Balaban J connectivity index is 2.39. The fourth-order valence-electron chi connectivity index (χ4n) is 2.28. The highest BCUT2D eigenvalue weighted by Gasteiger charge is 2.31. The number of rotatable bonds is 5. The highest BCUT2D eigenvalue weighted by molar-refractivity contribution is 6.22. The van der Waals surface area contributed by atoms with E-state index in [9.17, 15) is 8.78 Å². The lowest BCUT2D eigenvalue weighted by Crippen LogP contribution is -2.33. The first-order chi connectivity index (χ1) is 9.59. The van der Waals surface area contributed by atoms with Crippen LogP contribution >= 0.6 is 23.2 Å². The maximum absolute atomic E-state index is 13.3. The summed E-state index contributed by atoms with van der Waals surface area (Å²) in [7, 11) is 0. The van der Waals surface area contributed by atoms with Crippen LogP contribution in [-0.2, 0) is 11.8 Å². The minimum absolute atomic E-state index is 0.276.